The fourth-order valence-electron chi connectivity index (χ4n) is 7.49. The SMILES string of the molecule is Cc1sc2c(c1C)C(c1ccc(-c3cnc(C(=O)NCc4ccc(S(=O)(=O)Nc5ccc(C)c6c(C#N)c[nH]c56)cc4)nc3)cc1)=N[C@@H](CCC(=O)OC(C)(C)C)c1nnc(C)n1-2. The molecule has 1 amide bonds. The van der Waals surface area contributed by atoms with Crippen LogP contribution in [0.1, 0.15) is 100 Å². The molecule has 0 bridgehead atoms. The first-order chi connectivity index (χ1) is 30.0. The van der Waals surface area contributed by atoms with E-state index in [1.54, 1.807) is 54.2 Å². The average Bonchev–Trinajstić information content (AvgIpc) is 3.93. The van der Waals surface area contributed by atoms with Crippen LogP contribution in [0.15, 0.2) is 89.1 Å². The molecule has 0 saturated carbocycles. The molecule has 0 radical (unpaired) electrons. The molecule has 0 saturated heterocycles. The molecule has 0 spiro atoms. The first-order valence-corrected chi connectivity index (χ1v) is 22.5. The molecule has 1 atom stereocenters. The van der Waals surface area contributed by atoms with Gasteiger partial charge in [0.15, 0.2) is 5.82 Å². The normalized spacial score (nSPS) is 13.7. The van der Waals surface area contributed by atoms with Crippen molar-refractivity contribution in [2.45, 2.75) is 84.4 Å². The number of aromatic amines is 1. The van der Waals surface area contributed by atoms with E-state index in [1.807, 2.05) is 58.9 Å². The summed E-state index contributed by atoms with van der Waals surface area (Å²) < 4.78 is 36.8. The zero-order valence-electron chi connectivity index (χ0n) is 35.7. The van der Waals surface area contributed by atoms with E-state index in [0.717, 1.165) is 49.2 Å². The van der Waals surface area contributed by atoms with Crippen LogP contribution in [0.5, 0.6) is 0 Å². The number of thiophene rings is 1. The summed E-state index contributed by atoms with van der Waals surface area (Å²) in [6.07, 6.45) is 5.30. The summed E-state index contributed by atoms with van der Waals surface area (Å²) in [5.41, 5.74) is 7.54. The number of H-pyrrole nitrogens is 1. The van der Waals surface area contributed by atoms with Gasteiger partial charge < -0.3 is 15.0 Å². The fourth-order valence-corrected chi connectivity index (χ4v) is 9.77. The highest BCUT2D eigenvalue weighted by atomic mass is 32.2. The number of nitrogens with one attached hydrogen (secondary N) is 3. The van der Waals surface area contributed by atoms with Crippen molar-refractivity contribution in [3.05, 3.63) is 135 Å². The summed E-state index contributed by atoms with van der Waals surface area (Å²) in [6.45, 7) is 13.6. The Morgan fingerprint density at radius 3 is 2.32 bits per heavy atom. The second-order valence-corrected chi connectivity index (χ2v) is 19.2. The molecule has 63 heavy (non-hydrogen) atoms. The number of rotatable bonds is 11. The molecule has 3 aromatic carbocycles. The maximum Gasteiger partial charge on any atom is 0.306 e. The van der Waals surface area contributed by atoms with E-state index in [4.69, 9.17) is 9.73 Å². The summed E-state index contributed by atoms with van der Waals surface area (Å²) in [5.74, 6) is 0.614. The number of aryl methyl sites for hydroxylation is 3. The van der Waals surface area contributed by atoms with E-state index in [1.165, 1.54) is 12.1 Å². The molecule has 17 heteroatoms. The predicted molar refractivity (Wildman–Crippen MR) is 241 cm³/mol. The molecule has 0 fully saturated rings. The van der Waals surface area contributed by atoms with Crippen molar-refractivity contribution < 1.29 is 22.7 Å². The van der Waals surface area contributed by atoms with Gasteiger partial charge in [-0.05, 0) is 95.3 Å². The third kappa shape index (κ3) is 8.59. The topological polar surface area (TPSA) is 210 Å². The van der Waals surface area contributed by atoms with Crippen LogP contribution in [-0.2, 0) is 26.1 Å². The molecule has 0 aliphatic carbocycles. The number of nitriles is 1. The molecular weight excluding hydrogens is 837 g/mol. The maximum atomic E-state index is 13.3. The number of fused-ring (bicyclic) bond motifs is 4. The maximum absolute atomic E-state index is 13.3. The number of amides is 1. The molecule has 320 valence electrons. The Balaban J connectivity index is 0.945. The highest BCUT2D eigenvalue weighted by molar-refractivity contribution is 7.92. The number of aliphatic imine (C=N–C) groups is 1. The molecule has 0 unspecified atom stereocenters. The van der Waals surface area contributed by atoms with Crippen molar-refractivity contribution in [1.82, 2.24) is 35.0 Å². The van der Waals surface area contributed by atoms with Gasteiger partial charge in [-0.25, -0.2) is 18.4 Å². The molecule has 5 heterocycles. The van der Waals surface area contributed by atoms with E-state index in [0.29, 0.717) is 45.5 Å². The first-order valence-electron chi connectivity index (χ1n) is 20.2. The standard InChI is InChI=1S/C46H44N10O5S2/c1-25-8-17-35(41-38(25)32(20-47)22-48-41)55-63(59,60)34-15-9-29(10-16-34)21-51-44(58)42-49-23-33(24-50-42)30-11-13-31(14-12-30)40-39-26(2)27(3)62-45(39)56-28(4)53-54-43(56)36(52-40)18-19-37(57)61-46(5,6)7/h8-17,22-24,36,48,55H,18-19,21H2,1-7H3,(H,51,58)/t36-/m0/s1. The van der Waals surface area contributed by atoms with Gasteiger partial charge in [-0.15, -0.1) is 21.5 Å². The quantitative estimate of drug-likeness (QED) is 0.106. The Hall–Kier alpha value is -7.03. The summed E-state index contributed by atoms with van der Waals surface area (Å²) in [5, 5.41) is 22.8. The largest absolute Gasteiger partial charge is 0.460 e. The third-order valence-corrected chi connectivity index (χ3v) is 13.3. The molecule has 3 N–H and O–H groups in total. The van der Waals surface area contributed by atoms with E-state index in [-0.39, 0.29) is 29.7 Å². The van der Waals surface area contributed by atoms with Crippen LogP contribution in [0.25, 0.3) is 27.0 Å². The number of anilines is 1. The van der Waals surface area contributed by atoms with Crippen LogP contribution >= 0.6 is 11.3 Å². The first kappa shape index (κ1) is 42.7. The van der Waals surface area contributed by atoms with Crippen molar-refractivity contribution >= 4 is 55.5 Å². The van der Waals surface area contributed by atoms with Crippen molar-refractivity contribution in [3.63, 3.8) is 0 Å². The second kappa shape index (κ2) is 16.7. The lowest BCUT2D eigenvalue weighted by molar-refractivity contribution is -0.155. The molecule has 1 aliphatic heterocycles. The minimum Gasteiger partial charge on any atom is -0.460 e. The number of sulfonamides is 1. The monoisotopic (exact) mass is 880 g/mol. The lowest BCUT2D eigenvalue weighted by Crippen LogP contribution is -2.25. The van der Waals surface area contributed by atoms with Crippen molar-refractivity contribution in [1.29, 1.82) is 5.26 Å². The molecule has 4 aromatic heterocycles. The number of aromatic nitrogens is 6. The van der Waals surface area contributed by atoms with Gasteiger partial charge >= 0.3 is 5.97 Å². The van der Waals surface area contributed by atoms with Gasteiger partial charge in [0.2, 0.25) is 5.82 Å². The van der Waals surface area contributed by atoms with Crippen molar-refractivity contribution in [2.24, 2.45) is 4.99 Å². The van der Waals surface area contributed by atoms with Gasteiger partial charge in [0, 0.05) is 58.5 Å². The summed E-state index contributed by atoms with van der Waals surface area (Å²) in [7, 11) is -3.96. The van der Waals surface area contributed by atoms with Gasteiger partial charge in [0.25, 0.3) is 15.9 Å². The summed E-state index contributed by atoms with van der Waals surface area (Å²) in [6, 6.07) is 19.2. The van der Waals surface area contributed by atoms with E-state index in [9.17, 15) is 23.3 Å². The second-order valence-electron chi connectivity index (χ2n) is 16.3. The average molecular weight is 881 g/mol. The highest BCUT2D eigenvalue weighted by Crippen LogP contribution is 2.40. The van der Waals surface area contributed by atoms with Gasteiger partial charge in [-0.3, -0.25) is 23.9 Å². The van der Waals surface area contributed by atoms with E-state index >= 15 is 0 Å². The summed E-state index contributed by atoms with van der Waals surface area (Å²) in [4.78, 5) is 44.0. The molecule has 15 nitrogen and oxygen atoms in total. The minimum absolute atomic E-state index is 0.0181. The van der Waals surface area contributed by atoms with Crippen LogP contribution in [0, 0.1) is 39.0 Å². The van der Waals surface area contributed by atoms with Gasteiger partial charge in [0.05, 0.1) is 27.4 Å². The zero-order valence-corrected chi connectivity index (χ0v) is 37.3. The minimum atomic E-state index is -3.96. The molecule has 1 aliphatic rings. The van der Waals surface area contributed by atoms with Gasteiger partial charge in [-0.1, -0.05) is 42.5 Å². The Kier molecular flexibility index (Phi) is 11.3. The van der Waals surface area contributed by atoms with Gasteiger partial charge in [-0.2, -0.15) is 5.26 Å². The Morgan fingerprint density at radius 2 is 1.63 bits per heavy atom. The Morgan fingerprint density at radius 1 is 0.937 bits per heavy atom. The predicted octanol–water partition coefficient (Wildman–Crippen LogP) is 8.12. The Bertz CT molecular complexity index is 3100. The molecule has 7 aromatic rings. The van der Waals surface area contributed by atoms with Crippen molar-refractivity contribution in [2.75, 3.05) is 4.72 Å². The number of hydrogen-bond donors (Lipinski definition) is 3. The smallest absolute Gasteiger partial charge is 0.306 e. The number of carbonyl (C=O) groups is 2. The third-order valence-electron chi connectivity index (χ3n) is 10.7. The summed E-state index contributed by atoms with van der Waals surface area (Å²) >= 11 is 1.66. The lowest BCUT2D eigenvalue weighted by Gasteiger charge is -2.20. The number of benzene rings is 3. The van der Waals surface area contributed by atoms with Gasteiger partial charge in [0.1, 0.15) is 28.5 Å². The molecular formula is C46H44N10O5S2. The Labute approximate surface area is 368 Å². The van der Waals surface area contributed by atoms with E-state index < -0.39 is 27.6 Å². The number of esters is 1. The fraction of sp³-hybridized carbons (Fsp3) is 0.261. The lowest BCUT2D eigenvalue weighted by atomic mass is 9.97. The number of ether oxygens (including phenoxy) is 1. The molecule has 8 rings (SSSR count). The van der Waals surface area contributed by atoms with Crippen molar-refractivity contribution in [3.8, 4) is 22.2 Å². The van der Waals surface area contributed by atoms with E-state index in [2.05, 4.69) is 59.7 Å². The number of nitrogens with zero attached hydrogens (tertiary/aromatic N) is 7. The van der Waals surface area contributed by atoms with Crippen LogP contribution in [0.2, 0.25) is 0 Å². The highest BCUT2D eigenvalue weighted by Gasteiger charge is 2.32. The zero-order chi connectivity index (χ0) is 44.8. The van der Waals surface area contributed by atoms with Crippen LogP contribution in [0.4, 0.5) is 5.69 Å². The number of hydrogen-bond acceptors (Lipinski definition) is 12. The van der Waals surface area contributed by atoms with Crippen LogP contribution in [-0.4, -0.2) is 61.3 Å². The van der Waals surface area contributed by atoms with Crippen LogP contribution in [0.3, 0.4) is 0 Å². The van der Waals surface area contributed by atoms with Crippen LogP contribution < -0.4 is 10.0 Å². The number of carbonyl (C=O) groups excluding carboxylic acids is 2.